The summed E-state index contributed by atoms with van der Waals surface area (Å²) in [6.07, 6.45) is 6.33. The van der Waals surface area contributed by atoms with Gasteiger partial charge in [0.25, 0.3) is 0 Å². The summed E-state index contributed by atoms with van der Waals surface area (Å²) in [5.74, 6) is 0.231. The first-order chi connectivity index (χ1) is 12.7. The Morgan fingerprint density at radius 3 is 2.73 bits per heavy atom. The topological polar surface area (TPSA) is 63.1 Å². The Kier molecular flexibility index (Phi) is 3.45. The molecule has 0 unspecified atom stereocenters. The molecule has 1 aromatic carbocycles. The van der Waals surface area contributed by atoms with Crippen LogP contribution in [0.4, 0.5) is 5.69 Å². The second-order valence-corrected chi connectivity index (χ2v) is 7.19. The van der Waals surface area contributed by atoms with Crippen LogP contribution < -0.4 is 5.32 Å². The molecule has 2 fully saturated rings. The molecule has 1 aliphatic carbocycles. The summed E-state index contributed by atoms with van der Waals surface area (Å²) in [7, 11) is 1.95. The van der Waals surface area contributed by atoms with Crippen molar-refractivity contribution in [1.29, 1.82) is 0 Å². The average Bonchev–Trinajstić information content (AvgIpc) is 3.32. The van der Waals surface area contributed by atoms with Crippen molar-refractivity contribution in [2.45, 2.75) is 37.4 Å². The van der Waals surface area contributed by atoms with E-state index in [0.29, 0.717) is 12.5 Å². The summed E-state index contributed by atoms with van der Waals surface area (Å²) >= 11 is 0. The molecule has 3 heterocycles. The Morgan fingerprint density at radius 2 is 1.96 bits per heavy atom. The Morgan fingerprint density at radius 1 is 1.12 bits per heavy atom. The SMILES string of the molecule is Cn1nccc1[C@H]1[C@H](Nc2ccnc3ccccc23)CC(=O)N1C1CC1. The van der Waals surface area contributed by atoms with Gasteiger partial charge in [0.1, 0.15) is 0 Å². The van der Waals surface area contributed by atoms with E-state index in [1.165, 1.54) is 0 Å². The van der Waals surface area contributed by atoms with Gasteiger partial charge in [-0.1, -0.05) is 18.2 Å². The van der Waals surface area contributed by atoms with Crippen LogP contribution in [0.15, 0.2) is 48.8 Å². The standard InChI is InChI=1S/C20H21N5O/c1-24-18(9-11-22-24)20-17(12-19(26)25(20)13-6-7-13)23-16-8-10-21-15-5-3-2-4-14(15)16/h2-5,8-11,13,17,20H,6-7,12H2,1H3,(H,21,23)/t17-,20-/m1/s1. The van der Waals surface area contributed by atoms with Crippen LogP contribution in [0.25, 0.3) is 10.9 Å². The minimum absolute atomic E-state index is 0.00873. The van der Waals surface area contributed by atoms with E-state index in [1.54, 1.807) is 0 Å². The van der Waals surface area contributed by atoms with E-state index >= 15 is 0 Å². The fourth-order valence-corrected chi connectivity index (χ4v) is 4.11. The number of carbonyl (C=O) groups excluding carboxylic acids is 1. The first kappa shape index (κ1) is 15.4. The van der Waals surface area contributed by atoms with E-state index in [1.807, 2.05) is 54.5 Å². The van der Waals surface area contributed by atoms with E-state index < -0.39 is 0 Å². The van der Waals surface area contributed by atoms with E-state index in [0.717, 1.165) is 35.1 Å². The van der Waals surface area contributed by atoms with Gasteiger partial charge in [-0.3, -0.25) is 14.5 Å². The van der Waals surface area contributed by atoms with Gasteiger partial charge in [0, 0.05) is 43.0 Å². The number of rotatable bonds is 4. The normalized spacial score (nSPS) is 23.0. The zero-order chi connectivity index (χ0) is 17.7. The number of hydrogen-bond donors (Lipinski definition) is 1. The van der Waals surface area contributed by atoms with E-state index in [2.05, 4.69) is 26.4 Å². The predicted octanol–water partition coefficient (Wildman–Crippen LogP) is 2.88. The third-order valence-electron chi connectivity index (χ3n) is 5.46. The average molecular weight is 347 g/mol. The number of likely N-dealkylation sites (tertiary alicyclic amines) is 1. The number of hydrogen-bond acceptors (Lipinski definition) is 4. The highest BCUT2D eigenvalue weighted by atomic mass is 16.2. The summed E-state index contributed by atoms with van der Waals surface area (Å²) in [5.41, 5.74) is 3.06. The Balaban J connectivity index is 1.54. The molecular formula is C20H21N5O. The molecule has 6 nitrogen and oxygen atoms in total. The smallest absolute Gasteiger partial charge is 0.225 e. The van der Waals surface area contributed by atoms with Gasteiger partial charge in [0.2, 0.25) is 5.91 Å². The van der Waals surface area contributed by atoms with Gasteiger partial charge in [-0.05, 0) is 31.0 Å². The molecule has 0 spiro atoms. The lowest BCUT2D eigenvalue weighted by atomic mass is 10.0. The highest BCUT2D eigenvalue weighted by Crippen LogP contribution is 2.43. The molecule has 26 heavy (non-hydrogen) atoms. The van der Waals surface area contributed by atoms with E-state index in [9.17, 15) is 4.79 Å². The van der Waals surface area contributed by atoms with Crippen molar-refractivity contribution in [2.75, 3.05) is 5.32 Å². The van der Waals surface area contributed by atoms with Crippen molar-refractivity contribution >= 4 is 22.5 Å². The number of para-hydroxylation sites is 1. The number of benzene rings is 1. The zero-order valence-electron chi connectivity index (χ0n) is 14.7. The molecule has 132 valence electrons. The van der Waals surface area contributed by atoms with Crippen LogP contribution in [0.3, 0.4) is 0 Å². The minimum atomic E-state index is 0.00873. The summed E-state index contributed by atoms with van der Waals surface area (Å²) in [4.78, 5) is 19.3. The molecule has 2 aliphatic rings. The first-order valence-corrected chi connectivity index (χ1v) is 9.12. The molecule has 2 aromatic heterocycles. The number of aromatic nitrogens is 3. The van der Waals surface area contributed by atoms with Gasteiger partial charge in [0.15, 0.2) is 0 Å². The second-order valence-electron chi connectivity index (χ2n) is 7.19. The Labute approximate surface area is 151 Å². The van der Waals surface area contributed by atoms with Gasteiger partial charge < -0.3 is 10.2 Å². The monoisotopic (exact) mass is 347 g/mol. The number of anilines is 1. The molecule has 6 heteroatoms. The number of amides is 1. The van der Waals surface area contributed by atoms with Crippen molar-refractivity contribution in [3.63, 3.8) is 0 Å². The van der Waals surface area contributed by atoms with Gasteiger partial charge in [-0.15, -0.1) is 0 Å². The summed E-state index contributed by atoms with van der Waals surface area (Å²) in [6.45, 7) is 0. The van der Waals surface area contributed by atoms with Gasteiger partial charge in [-0.25, -0.2) is 0 Å². The fourth-order valence-electron chi connectivity index (χ4n) is 4.11. The summed E-state index contributed by atoms with van der Waals surface area (Å²) < 4.78 is 1.89. The third-order valence-corrected chi connectivity index (χ3v) is 5.46. The van der Waals surface area contributed by atoms with Gasteiger partial charge >= 0.3 is 0 Å². The fraction of sp³-hybridized carbons (Fsp3) is 0.350. The van der Waals surface area contributed by atoms with Gasteiger partial charge in [-0.2, -0.15) is 5.10 Å². The molecule has 3 aromatic rings. The van der Waals surface area contributed by atoms with Crippen LogP contribution in [-0.2, 0) is 11.8 Å². The number of pyridine rings is 1. The van der Waals surface area contributed by atoms with Crippen molar-refractivity contribution in [3.05, 3.63) is 54.5 Å². The number of nitrogens with one attached hydrogen (secondary N) is 1. The molecule has 1 saturated heterocycles. The number of nitrogens with zero attached hydrogens (tertiary/aromatic N) is 4. The van der Waals surface area contributed by atoms with Crippen molar-refractivity contribution in [1.82, 2.24) is 19.7 Å². The van der Waals surface area contributed by atoms with E-state index in [-0.39, 0.29) is 18.0 Å². The molecule has 5 rings (SSSR count). The molecule has 0 radical (unpaired) electrons. The van der Waals surface area contributed by atoms with Crippen LogP contribution in [0.5, 0.6) is 0 Å². The quantitative estimate of drug-likeness (QED) is 0.788. The molecule has 1 saturated carbocycles. The first-order valence-electron chi connectivity index (χ1n) is 9.12. The highest BCUT2D eigenvalue weighted by Gasteiger charge is 2.48. The molecule has 1 aliphatic heterocycles. The van der Waals surface area contributed by atoms with Crippen LogP contribution in [-0.4, -0.2) is 37.7 Å². The van der Waals surface area contributed by atoms with Crippen LogP contribution >= 0.6 is 0 Å². The van der Waals surface area contributed by atoms with Crippen molar-refractivity contribution < 1.29 is 4.79 Å². The predicted molar refractivity (Wildman–Crippen MR) is 99.6 cm³/mol. The maximum absolute atomic E-state index is 12.8. The molecular weight excluding hydrogens is 326 g/mol. The number of carbonyl (C=O) groups is 1. The third kappa shape index (κ3) is 2.44. The minimum Gasteiger partial charge on any atom is -0.379 e. The highest BCUT2D eigenvalue weighted by molar-refractivity contribution is 5.91. The van der Waals surface area contributed by atoms with Crippen LogP contribution in [0.1, 0.15) is 31.0 Å². The molecule has 2 atom stereocenters. The second kappa shape index (κ2) is 5.83. The lowest BCUT2D eigenvalue weighted by molar-refractivity contribution is -0.129. The molecule has 1 N–H and O–H groups in total. The lowest BCUT2D eigenvalue weighted by Crippen LogP contribution is -2.35. The maximum atomic E-state index is 12.8. The largest absolute Gasteiger partial charge is 0.379 e. The summed E-state index contributed by atoms with van der Waals surface area (Å²) in [5, 5.41) is 9.06. The summed E-state index contributed by atoms with van der Waals surface area (Å²) in [6, 6.07) is 12.5. The Hall–Kier alpha value is -2.89. The number of aryl methyl sites for hydroxylation is 1. The lowest BCUT2D eigenvalue weighted by Gasteiger charge is -2.29. The van der Waals surface area contributed by atoms with Crippen molar-refractivity contribution in [2.24, 2.45) is 7.05 Å². The van der Waals surface area contributed by atoms with Crippen molar-refractivity contribution in [3.8, 4) is 0 Å². The van der Waals surface area contributed by atoms with Gasteiger partial charge in [0.05, 0.1) is 23.3 Å². The van der Waals surface area contributed by atoms with E-state index in [4.69, 9.17) is 0 Å². The molecule has 1 amide bonds. The van der Waals surface area contributed by atoms with Crippen LogP contribution in [0.2, 0.25) is 0 Å². The maximum Gasteiger partial charge on any atom is 0.225 e. The Bertz CT molecular complexity index is 972. The van der Waals surface area contributed by atoms with Crippen LogP contribution in [0, 0.1) is 0 Å². The molecule has 0 bridgehead atoms. The number of fused-ring (bicyclic) bond motifs is 1. The zero-order valence-corrected chi connectivity index (χ0v) is 14.7.